The fraction of sp³-hybridized carbons (Fsp3) is 0.100. The number of halogens is 2. The Morgan fingerprint density at radius 2 is 1.86 bits per heavy atom. The van der Waals surface area contributed by atoms with Gasteiger partial charge in [0.2, 0.25) is 0 Å². The Morgan fingerprint density at radius 1 is 1.07 bits per heavy atom. The molecule has 0 amide bonds. The SMILES string of the molecule is COc1ccc(-n2nc(SC)c(-n3ccnc3)c2-c2ccc(Cl)cc2Cl)cc1. The number of imidazole rings is 1. The third kappa shape index (κ3) is 3.39. The first-order valence-electron chi connectivity index (χ1n) is 8.37. The Hall–Kier alpha value is -2.41. The number of ether oxygens (including phenoxy) is 1. The van der Waals surface area contributed by atoms with E-state index in [4.69, 9.17) is 33.0 Å². The predicted octanol–water partition coefficient (Wildman–Crippen LogP) is 5.76. The molecule has 0 aliphatic carbocycles. The summed E-state index contributed by atoms with van der Waals surface area (Å²) in [7, 11) is 1.64. The van der Waals surface area contributed by atoms with Crippen molar-refractivity contribution in [1.82, 2.24) is 19.3 Å². The van der Waals surface area contributed by atoms with Gasteiger partial charge < -0.3 is 9.30 Å². The molecule has 0 saturated carbocycles. The highest BCUT2D eigenvalue weighted by atomic mass is 35.5. The normalized spacial score (nSPS) is 11.0. The molecule has 2 aromatic heterocycles. The molecule has 0 aliphatic heterocycles. The van der Waals surface area contributed by atoms with Crippen LogP contribution in [0.3, 0.4) is 0 Å². The average molecular weight is 431 g/mol. The molecule has 2 heterocycles. The molecular weight excluding hydrogens is 415 g/mol. The van der Waals surface area contributed by atoms with E-state index in [9.17, 15) is 0 Å². The van der Waals surface area contributed by atoms with Crippen molar-refractivity contribution in [2.24, 2.45) is 0 Å². The number of thioether (sulfide) groups is 1. The van der Waals surface area contributed by atoms with Gasteiger partial charge in [-0.25, -0.2) is 9.67 Å². The highest BCUT2D eigenvalue weighted by molar-refractivity contribution is 7.98. The molecular formula is C20H16Cl2N4OS. The zero-order chi connectivity index (χ0) is 19.7. The van der Waals surface area contributed by atoms with E-state index in [2.05, 4.69) is 4.98 Å². The molecule has 0 spiro atoms. The summed E-state index contributed by atoms with van der Waals surface area (Å²) in [6.07, 6.45) is 7.38. The van der Waals surface area contributed by atoms with Crippen molar-refractivity contribution in [2.75, 3.05) is 13.4 Å². The Morgan fingerprint density at radius 3 is 2.46 bits per heavy atom. The van der Waals surface area contributed by atoms with Gasteiger partial charge in [-0.15, -0.1) is 11.8 Å². The molecule has 8 heteroatoms. The number of rotatable bonds is 5. The number of aromatic nitrogens is 4. The monoisotopic (exact) mass is 430 g/mol. The van der Waals surface area contributed by atoms with Crippen LogP contribution in [-0.4, -0.2) is 32.7 Å². The lowest BCUT2D eigenvalue weighted by Gasteiger charge is -2.12. The highest BCUT2D eigenvalue weighted by Crippen LogP contribution is 2.39. The van der Waals surface area contributed by atoms with Crippen molar-refractivity contribution in [3.8, 4) is 28.4 Å². The summed E-state index contributed by atoms with van der Waals surface area (Å²) >= 11 is 14.3. The van der Waals surface area contributed by atoms with Gasteiger partial charge in [-0.2, -0.15) is 5.10 Å². The summed E-state index contributed by atoms with van der Waals surface area (Å²) in [5, 5.41) is 6.84. The van der Waals surface area contributed by atoms with E-state index in [1.54, 1.807) is 37.5 Å². The molecule has 0 unspecified atom stereocenters. The third-order valence-corrected chi connectivity index (χ3v) is 5.50. The minimum absolute atomic E-state index is 0.552. The Labute approximate surface area is 176 Å². The first kappa shape index (κ1) is 18.9. The fourth-order valence-electron chi connectivity index (χ4n) is 2.98. The van der Waals surface area contributed by atoms with Crippen LogP contribution in [0.4, 0.5) is 0 Å². The lowest BCUT2D eigenvalue weighted by Crippen LogP contribution is -2.01. The fourth-order valence-corrected chi connectivity index (χ4v) is 4.04. The standard InChI is InChI=1S/C20H16Cl2N4OS/c1-27-15-6-4-14(5-7-15)26-18(16-8-3-13(21)11-17(16)22)19(20(24-26)28-2)25-10-9-23-12-25/h3-12H,1-2H3. The molecule has 0 bridgehead atoms. The van der Waals surface area contributed by atoms with Crippen molar-refractivity contribution in [1.29, 1.82) is 0 Å². The topological polar surface area (TPSA) is 44.9 Å². The molecule has 0 fully saturated rings. The van der Waals surface area contributed by atoms with Crippen LogP contribution in [0.2, 0.25) is 10.0 Å². The van der Waals surface area contributed by atoms with Crippen molar-refractivity contribution in [3.05, 3.63) is 71.2 Å². The average Bonchev–Trinajstić information content (AvgIpc) is 3.35. The first-order valence-corrected chi connectivity index (χ1v) is 10.4. The summed E-state index contributed by atoms with van der Waals surface area (Å²) in [6, 6.07) is 13.2. The van der Waals surface area contributed by atoms with Crippen LogP contribution < -0.4 is 4.74 Å². The van der Waals surface area contributed by atoms with Crippen LogP contribution in [-0.2, 0) is 0 Å². The molecule has 0 aliphatic rings. The maximum atomic E-state index is 6.58. The van der Waals surface area contributed by atoms with Crippen LogP contribution in [0.25, 0.3) is 22.6 Å². The smallest absolute Gasteiger partial charge is 0.143 e. The third-order valence-electron chi connectivity index (χ3n) is 4.29. The molecule has 0 N–H and O–H groups in total. The quantitative estimate of drug-likeness (QED) is 0.377. The van der Waals surface area contributed by atoms with Gasteiger partial charge >= 0.3 is 0 Å². The predicted molar refractivity (Wildman–Crippen MR) is 114 cm³/mol. The van der Waals surface area contributed by atoms with E-state index >= 15 is 0 Å². The maximum absolute atomic E-state index is 6.58. The van der Waals surface area contributed by atoms with Gasteiger partial charge in [-0.1, -0.05) is 23.2 Å². The van der Waals surface area contributed by atoms with Crippen molar-refractivity contribution in [3.63, 3.8) is 0 Å². The van der Waals surface area contributed by atoms with Crippen LogP contribution in [0.1, 0.15) is 0 Å². The van der Waals surface area contributed by atoms with Crippen molar-refractivity contribution >= 4 is 35.0 Å². The number of methoxy groups -OCH3 is 1. The van der Waals surface area contributed by atoms with Crippen LogP contribution in [0, 0.1) is 0 Å². The summed E-state index contributed by atoms with van der Waals surface area (Å²) < 4.78 is 9.11. The lowest BCUT2D eigenvalue weighted by atomic mass is 10.1. The van der Waals surface area contributed by atoms with Crippen molar-refractivity contribution in [2.45, 2.75) is 5.03 Å². The van der Waals surface area contributed by atoms with Gasteiger partial charge in [-0.05, 0) is 48.7 Å². The van der Waals surface area contributed by atoms with E-state index in [-0.39, 0.29) is 0 Å². The second-order valence-electron chi connectivity index (χ2n) is 5.91. The Bertz CT molecular complexity index is 1110. The highest BCUT2D eigenvalue weighted by Gasteiger charge is 2.23. The van der Waals surface area contributed by atoms with Gasteiger partial charge in [0.1, 0.15) is 22.2 Å². The minimum Gasteiger partial charge on any atom is -0.497 e. The van der Waals surface area contributed by atoms with Crippen LogP contribution in [0.15, 0.2) is 66.2 Å². The van der Waals surface area contributed by atoms with E-state index in [0.29, 0.717) is 10.0 Å². The molecule has 2 aromatic carbocycles. The van der Waals surface area contributed by atoms with Gasteiger partial charge in [0.25, 0.3) is 0 Å². The molecule has 28 heavy (non-hydrogen) atoms. The molecule has 0 atom stereocenters. The molecule has 142 valence electrons. The molecule has 4 rings (SSSR count). The second kappa shape index (κ2) is 7.91. The van der Waals surface area contributed by atoms with Gasteiger partial charge in [0.05, 0.1) is 24.1 Å². The zero-order valence-corrected chi connectivity index (χ0v) is 17.5. The summed E-state index contributed by atoms with van der Waals surface area (Å²) in [5.41, 5.74) is 3.49. The van der Waals surface area contributed by atoms with E-state index in [1.165, 1.54) is 0 Å². The number of hydrogen-bond donors (Lipinski definition) is 0. The molecule has 5 nitrogen and oxygen atoms in total. The summed E-state index contributed by atoms with van der Waals surface area (Å²) in [5.74, 6) is 0.780. The summed E-state index contributed by atoms with van der Waals surface area (Å²) in [4.78, 5) is 4.20. The van der Waals surface area contributed by atoms with Crippen LogP contribution in [0.5, 0.6) is 5.75 Å². The van der Waals surface area contributed by atoms with Gasteiger partial charge in [0.15, 0.2) is 0 Å². The minimum atomic E-state index is 0.552. The second-order valence-corrected chi connectivity index (χ2v) is 7.55. The van der Waals surface area contributed by atoms with Gasteiger partial charge in [-0.3, -0.25) is 0 Å². The van der Waals surface area contributed by atoms with E-state index < -0.39 is 0 Å². The first-order chi connectivity index (χ1) is 13.6. The molecule has 4 aromatic rings. The number of benzene rings is 2. The summed E-state index contributed by atoms with van der Waals surface area (Å²) in [6.45, 7) is 0. The number of nitrogens with zero attached hydrogens (tertiary/aromatic N) is 4. The maximum Gasteiger partial charge on any atom is 0.143 e. The van der Waals surface area contributed by atoms with E-state index in [0.717, 1.165) is 33.4 Å². The van der Waals surface area contributed by atoms with Gasteiger partial charge in [0, 0.05) is 23.0 Å². The number of hydrogen-bond acceptors (Lipinski definition) is 4. The Balaban J connectivity index is 2.02. The zero-order valence-electron chi connectivity index (χ0n) is 15.1. The lowest BCUT2D eigenvalue weighted by molar-refractivity contribution is 0.414. The Kier molecular flexibility index (Phi) is 5.35. The van der Waals surface area contributed by atoms with Crippen LogP contribution >= 0.6 is 35.0 Å². The molecule has 0 radical (unpaired) electrons. The molecule has 0 saturated heterocycles. The van der Waals surface area contributed by atoms with E-state index in [1.807, 2.05) is 58.1 Å². The largest absolute Gasteiger partial charge is 0.497 e. The van der Waals surface area contributed by atoms with Crippen molar-refractivity contribution < 1.29 is 4.74 Å².